The third-order valence-electron chi connectivity index (χ3n) is 5.20. The third-order valence-corrected chi connectivity index (χ3v) is 5.20. The Morgan fingerprint density at radius 2 is 1.83 bits per heavy atom. The van der Waals surface area contributed by atoms with Gasteiger partial charge in [0.1, 0.15) is 5.76 Å². The Hall–Kier alpha value is -2.48. The first kappa shape index (κ1) is 14.1. The minimum Gasteiger partial charge on any atom is -0.458 e. The van der Waals surface area contributed by atoms with Crippen LogP contribution >= 0.6 is 0 Å². The molecule has 0 bridgehead atoms. The number of ether oxygens (including phenoxy) is 1. The average Bonchev–Trinajstić information content (AvgIpc) is 2.75. The maximum Gasteiger partial charge on any atom is 0.151 e. The molecule has 2 heteroatoms. The topological polar surface area (TPSA) is 12.5 Å². The van der Waals surface area contributed by atoms with Crippen LogP contribution in [0.2, 0.25) is 0 Å². The summed E-state index contributed by atoms with van der Waals surface area (Å²) in [7, 11) is 2.07. The van der Waals surface area contributed by atoms with Gasteiger partial charge in [0.15, 0.2) is 5.75 Å². The van der Waals surface area contributed by atoms with Gasteiger partial charge in [0.2, 0.25) is 0 Å². The summed E-state index contributed by atoms with van der Waals surface area (Å²) < 4.78 is 6.08. The fourth-order valence-electron chi connectivity index (χ4n) is 3.92. The van der Waals surface area contributed by atoms with Crippen LogP contribution in [0, 0.1) is 0 Å². The van der Waals surface area contributed by atoms with Gasteiger partial charge in [0.25, 0.3) is 0 Å². The smallest absolute Gasteiger partial charge is 0.151 e. The van der Waals surface area contributed by atoms with Crippen LogP contribution < -0.4 is 9.64 Å². The summed E-state index contributed by atoms with van der Waals surface area (Å²) in [6.07, 6.45) is 1.85. The van der Waals surface area contributed by atoms with Crippen LogP contribution in [0.25, 0.3) is 11.1 Å². The molecule has 2 aliphatic rings. The van der Waals surface area contributed by atoms with E-state index in [2.05, 4.69) is 68.8 Å². The van der Waals surface area contributed by atoms with Gasteiger partial charge < -0.3 is 9.64 Å². The van der Waals surface area contributed by atoms with E-state index in [4.69, 9.17) is 4.74 Å². The van der Waals surface area contributed by atoms with Gasteiger partial charge in [-0.2, -0.15) is 0 Å². The van der Waals surface area contributed by atoms with Gasteiger partial charge in [0.05, 0.1) is 11.4 Å². The Balaban J connectivity index is 1.98. The van der Waals surface area contributed by atoms with E-state index in [0.717, 1.165) is 22.9 Å². The number of hydrogen-bond acceptors (Lipinski definition) is 2. The molecule has 0 fully saturated rings. The van der Waals surface area contributed by atoms with Crippen LogP contribution in [0.1, 0.15) is 31.9 Å². The molecule has 23 heavy (non-hydrogen) atoms. The molecule has 0 N–H and O–H groups in total. The summed E-state index contributed by atoms with van der Waals surface area (Å²) in [6.45, 7) is 10.5. The average molecular weight is 303 g/mol. The largest absolute Gasteiger partial charge is 0.458 e. The van der Waals surface area contributed by atoms with Crippen LogP contribution in [0.15, 0.2) is 60.5 Å². The zero-order valence-corrected chi connectivity index (χ0v) is 14.1. The zero-order chi connectivity index (χ0) is 16.4. The molecule has 0 saturated heterocycles. The van der Waals surface area contributed by atoms with Gasteiger partial charge in [-0.1, -0.05) is 44.7 Å². The zero-order valence-electron chi connectivity index (χ0n) is 14.1. The first-order valence-corrected chi connectivity index (χ1v) is 7.98. The summed E-state index contributed by atoms with van der Waals surface area (Å²) in [5, 5.41) is 0. The molecular formula is C21H21NO. The van der Waals surface area contributed by atoms with Gasteiger partial charge in [-0.15, -0.1) is 0 Å². The maximum atomic E-state index is 6.08. The highest BCUT2D eigenvalue weighted by Crippen LogP contribution is 2.52. The van der Waals surface area contributed by atoms with Crippen LogP contribution in [0.5, 0.6) is 5.75 Å². The Labute approximate surface area is 137 Å². The van der Waals surface area contributed by atoms with Gasteiger partial charge in [-0.3, -0.25) is 0 Å². The number of rotatable bonds is 1. The molecule has 0 radical (unpaired) electrons. The lowest BCUT2D eigenvalue weighted by atomic mass is 9.82. The van der Waals surface area contributed by atoms with E-state index in [1.54, 1.807) is 0 Å². The predicted molar refractivity (Wildman–Crippen MR) is 95.9 cm³/mol. The van der Waals surface area contributed by atoms with E-state index in [9.17, 15) is 0 Å². The molecule has 0 saturated carbocycles. The first-order chi connectivity index (χ1) is 10.9. The lowest BCUT2D eigenvalue weighted by Crippen LogP contribution is -2.24. The van der Waals surface area contributed by atoms with Crippen molar-refractivity contribution < 1.29 is 4.74 Å². The highest BCUT2D eigenvalue weighted by atomic mass is 16.5. The van der Waals surface area contributed by atoms with Crippen molar-refractivity contribution in [3.63, 3.8) is 0 Å². The highest BCUT2D eigenvalue weighted by Gasteiger charge is 2.37. The number of nitrogens with zero attached hydrogens (tertiary/aromatic N) is 1. The van der Waals surface area contributed by atoms with Crippen molar-refractivity contribution in [2.45, 2.75) is 26.2 Å². The second-order valence-corrected chi connectivity index (χ2v) is 6.84. The van der Waals surface area contributed by atoms with Crippen LogP contribution in [-0.2, 0) is 5.41 Å². The molecule has 2 nitrogen and oxygen atoms in total. The van der Waals surface area contributed by atoms with Crippen molar-refractivity contribution in [1.82, 2.24) is 0 Å². The molecule has 1 aliphatic heterocycles. The molecule has 0 spiro atoms. The molecule has 2 aromatic carbocycles. The van der Waals surface area contributed by atoms with Crippen molar-refractivity contribution in [2.75, 3.05) is 11.9 Å². The Bertz CT molecular complexity index is 873. The molecule has 2 aromatic rings. The molecule has 0 atom stereocenters. The number of likely N-dealkylation sites (N-methyl/N-ethyl adjacent to an activating group) is 1. The summed E-state index contributed by atoms with van der Waals surface area (Å²) >= 11 is 0. The monoisotopic (exact) mass is 303 g/mol. The SMILES string of the molecule is C=CC1=C(C)Oc2cc3c(cc2N1C)C(C)(C)c1ccccc1-3. The quantitative estimate of drug-likeness (QED) is 0.714. The molecule has 0 amide bonds. The number of fused-ring (bicyclic) bond motifs is 4. The van der Waals surface area contributed by atoms with Crippen LogP contribution in [0.3, 0.4) is 0 Å². The predicted octanol–water partition coefficient (Wildman–Crippen LogP) is 5.24. The minimum atomic E-state index is 0.00629. The normalized spacial score (nSPS) is 17.3. The standard InChI is InChI=1S/C21H21NO/c1-6-18-13(2)23-20-11-15-14-9-7-8-10-16(14)21(3,4)17(15)12-19(20)22(18)5/h6-12H,1H2,2-5H3. The molecule has 1 aliphatic carbocycles. The van der Waals surface area contributed by atoms with Gasteiger partial charge in [-0.25, -0.2) is 0 Å². The molecule has 0 unspecified atom stereocenters. The number of hydrogen-bond donors (Lipinski definition) is 0. The van der Waals surface area contributed by atoms with Crippen molar-refractivity contribution in [3.8, 4) is 16.9 Å². The molecule has 4 rings (SSSR count). The summed E-state index contributed by atoms with van der Waals surface area (Å²) in [4.78, 5) is 2.17. The van der Waals surface area contributed by atoms with Gasteiger partial charge in [0, 0.05) is 12.5 Å². The lowest BCUT2D eigenvalue weighted by Gasteiger charge is -2.31. The van der Waals surface area contributed by atoms with E-state index in [1.165, 1.54) is 22.3 Å². The van der Waals surface area contributed by atoms with Crippen molar-refractivity contribution in [3.05, 3.63) is 71.6 Å². The number of benzene rings is 2. The second-order valence-electron chi connectivity index (χ2n) is 6.84. The summed E-state index contributed by atoms with van der Waals surface area (Å²) in [5.74, 6) is 1.81. The van der Waals surface area contributed by atoms with Gasteiger partial charge in [-0.05, 0) is 47.4 Å². The highest BCUT2D eigenvalue weighted by molar-refractivity contribution is 5.85. The molecule has 116 valence electrons. The Morgan fingerprint density at radius 1 is 1.09 bits per heavy atom. The number of allylic oxidation sites excluding steroid dienone is 2. The molecular weight excluding hydrogens is 282 g/mol. The van der Waals surface area contributed by atoms with E-state index in [0.29, 0.717) is 0 Å². The second kappa shape index (κ2) is 4.51. The van der Waals surface area contributed by atoms with Crippen LogP contribution in [-0.4, -0.2) is 7.05 Å². The maximum absolute atomic E-state index is 6.08. The third kappa shape index (κ3) is 1.75. The number of anilines is 1. The summed E-state index contributed by atoms with van der Waals surface area (Å²) in [6, 6.07) is 13.1. The van der Waals surface area contributed by atoms with Crippen LogP contribution in [0.4, 0.5) is 5.69 Å². The van der Waals surface area contributed by atoms with Gasteiger partial charge >= 0.3 is 0 Å². The fourth-order valence-corrected chi connectivity index (χ4v) is 3.92. The van der Waals surface area contributed by atoms with E-state index in [1.807, 2.05) is 13.0 Å². The fraction of sp³-hybridized carbons (Fsp3) is 0.238. The van der Waals surface area contributed by atoms with Crippen molar-refractivity contribution in [1.29, 1.82) is 0 Å². The Morgan fingerprint density at radius 3 is 2.57 bits per heavy atom. The molecule has 1 heterocycles. The minimum absolute atomic E-state index is 0.00629. The van der Waals surface area contributed by atoms with E-state index in [-0.39, 0.29) is 5.41 Å². The summed E-state index contributed by atoms with van der Waals surface area (Å²) in [5.41, 5.74) is 7.47. The van der Waals surface area contributed by atoms with E-state index < -0.39 is 0 Å². The van der Waals surface area contributed by atoms with E-state index >= 15 is 0 Å². The lowest BCUT2D eigenvalue weighted by molar-refractivity contribution is 0.412. The first-order valence-electron chi connectivity index (χ1n) is 7.98. The van der Waals surface area contributed by atoms with Crippen molar-refractivity contribution in [2.24, 2.45) is 0 Å². The van der Waals surface area contributed by atoms with Crippen molar-refractivity contribution >= 4 is 5.69 Å². The Kier molecular flexibility index (Phi) is 2.77. The molecule has 0 aromatic heterocycles.